The van der Waals surface area contributed by atoms with Crippen LogP contribution in [0.3, 0.4) is 0 Å². The van der Waals surface area contributed by atoms with Crippen molar-refractivity contribution in [3.63, 3.8) is 0 Å². The third kappa shape index (κ3) is 5.90. The van der Waals surface area contributed by atoms with Gasteiger partial charge in [-0.3, -0.25) is 14.4 Å². The van der Waals surface area contributed by atoms with Crippen molar-refractivity contribution in [2.24, 2.45) is 5.92 Å². The molecule has 218 valence electrons. The van der Waals surface area contributed by atoms with E-state index in [0.29, 0.717) is 30.8 Å². The highest BCUT2D eigenvalue weighted by Crippen LogP contribution is 2.46. The van der Waals surface area contributed by atoms with Crippen LogP contribution in [0.25, 0.3) is 0 Å². The van der Waals surface area contributed by atoms with Gasteiger partial charge in [-0.1, -0.05) is 77.5 Å². The lowest BCUT2D eigenvalue weighted by atomic mass is 9.83. The maximum absolute atomic E-state index is 13.9. The zero-order valence-electron chi connectivity index (χ0n) is 23.4. The first-order chi connectivity index (χ1) is 20.2. The molecular weight excluding hydrogens is 598 g/mol. The van der Waals surface area contributed by atoms with E-state index >= 15 is 0 Å². The van der Waals surface area contributed by atoms with Crippen LogP contribution in [0, 0.1) is 5.92 Å². The predicted octanol–water partition coefficient (Wildman–Crippen LogP) is 4.52. The minimum absolute atomic E-state index is 0.0718. The van der Waals surface area contributed by atoms with Crippen LogP contribution in [-0.2, 0) is 33.1 Å². The van der Waals surface area contributed by atoms with E-state index in [2.05, 4.69) is 15.9 Å². The topological polar surface area (TPSA) is 101 Å². The van der Waals surface area contributed by atoms with Gasteiger partial charge in [-0.2, -0.15) is 0 Å². The molecule has 0 spiro atoms. The van der Waals surface area contributed by atoms with E-state index in [1.54, 1.807) is 39.8 Å². The molecule has 3 amide bonds. The zero-order chi connectivity index (χ0) is 29.9. The highest BCUT2D eigenvalue weighted by molar-refractivity contribution is 9.10. The summed E-state index contributed by atoms with van der Waals surface area (Å²) in [5.74, 6) is -1.12. The second-order valence-corrected chi connectivity index (χ2v) is 11.6. The molecule has 8 nitrogen and oxygen atoms in total. The van der Waals surface area contributed by atoms with Crippen molar-refractivity contribution in [3.05, 3.63) is 106 Å². The molecule has 2 atom stereocenters. The van der Waals surface area contributed by atoms with Crippen LogP contribution in [0.2, 0.25) is 0 Å². The van der Waals surface area contributed by atoms with Gasteiger partial charge in [-0.05, 0) is 41.5 Å². The maximum atomic E-state index is 13.9. The Balaban J connectivity index is 1.31. The van der Waals surface area contributed by atoms with Crippen molar-refractivity contribution in [3.8, 4) is 0 Å². The second kappa shape index (κ2) is 12.6. The maximum Gasteiger partial charge on any atom is 0.264 e. The molecule has 2 N–H and O–H groups in total. The lowest BCUT2D eigenvalue weighted by Gasteiger charge is -2.31. The lowest BCUT2D eigenvalue weighted by Crippen LogP contribution is -2.44. The fourth-order valence-electron chi connectivity index (χ4n) is 5.49. The Morgan fingerprint density at radius 2 is 1.81 bits per heavy atom. The van der Waals surface area contributed by atoms with Gasteiger partial charge in [0, 0.05) is 54.1 Å². The first-order valence-electron chi connectivity index (χ1n) is 14.0. The van der Waals surface area contributed by atoms with Gasteiger partial charge in [-0.15, -0.1) is 0 Å². The molecule has 5 rings (SSSR count). The van der Waals surface area contributed by atoms with Crippen molar-refractivity contribution in [2.75, 3.05) is 29.5 Å². The number of β-lactam (4-membered cyclic amide) rings is 1. The van der Waals surface area contributed by atoms with Crippen LogP contribution in [0.5, 0.6) is 0 Å². The molecule has 3 aromatic rings. The summed E-state index contributed by atoms with van der Waals surface area (Å²) in [4.78, 5) is 43.6. The number of aliphatic hydroxyl groups excluding tert-OH is 1. The molecule has 42 heavy (non-hydrogen) atoms. The lowest BCUT2D eigenvalue weighted by molar-refractivity contribution is -0.139. The average Bonchev–Trinajstić information content (AvgIpc) is 3.19. The van der Waals surface area contributed by atoms with Gasteiger partial charge in [-0.25, -0.2) is 0 Å². The molecule has 1 fully saturated rings. The SMILES string of the molecule is C[C@H](/C=C/CC(=O)N(CCO)Cc1ccccc1)[C@@]1(O)C(=O)N(Cc2ccc(N3CCC3=O)cc2)c2ccc(Br)cc21. The monoisotopic (exact) mass is 631 g/mol. The number of carbonyl (C=O) groups is 3. The van der Waals surface area contributed by atoms with E-state index in [9.17, 15) is 24.6 Å². The van der Waals surface area contributed by atoms with Gasteiger partial charge >= 0.3 is 0 Å². The summed E-state index contributed by atoms with van der Waals surface area (Å²) in [5, 5.41) is 21.4. The van der Waals surface area contributed by atoms with Crippen molar-refractivity contribution in [2.45, 2.75) is 38.5 Å². The van der Waals surface area contributed by atoms with Gasteiger partial charge in [0.2, 0.25) is 11.8 Å². The van der Waals surface area contributed by atoms with E-state index in [1.807, 2.05) is 66.7 Å². The number of halogens is 1. The van der Waals surface area contributed by atoms with E-state index in [1.165, 1.54) is 0 Å². The number of hydrogen-bond acceptors (Lipinski definition) is 5. The molecule has 0 unspecified atom stereocenters. The Bertz CT molecular complexity index is 1490. The molecule has 2 aliphatic rings. The first-order valence-corrected chi connectivity index (χ1v) is 14.8. The molecule has 3 aromatic carbocycles. The molecule has 0 aromatic heterocycles. The van der Waals surface area contributed by atoms with E-state index in [0.717, 1.165) is 21.3 Å². The number of rotatable bonds is 11. The number of nitrogens with zero attached hydrogens (tertiary/aromatic N) is 3. The van der Waals surface area contributed by atoms with Gasteiger partial charge in [0.05, 0.1) is 18.8 Å². The number of carbonyl (C=O) groups excluding carboxylic acids is 3. The normalized spacial score (nSPS) is 18.8. The third-order valence-corrected chi connectivity index (χ3v) is 8.48. The number of fused-ring (bicyclic) bond motifs is 1. The Hall–Kier alpha value is -3.79. The fraction of sp³-hybridized carbons (Fsp3) is 0.303. The fourth-order valence-corrected chi connectivity index (χ4v) is 5.85. The van der Waals surface area contributed by atoms with E-state index in [-0.39, 0.29) is 37.9 Å². The summed E-state index contributed by atoms with van der Waals surface area (Å²) in [7, 11) is 0. The second-order valence-electron chi connectivity index (χ2n) is 10.7. The number of hydrogen-bond donors (Lipinski definition) is 2. The average molecular weight is 633 g/mol. The molecule has 2 aliphatic heterocycles. The zero-order valence-corrected chi connectivity index (χ0v) is 25.0. The van der Waals surface area contributed by atoms with Crippen LogP contribution >= 0.6 is 15.9 Å². The Morgan fingerprint density at radius 1 is 1.07 bits per heavy atom. The highest BCUT2D eigenvalue weighted by atomic mass is 79.9. The van der Waals surface area contributed by atoms with Crippen LogP contribution in [-0.4, -0.2) is 52.5 Å². The molecule has 2 heterocycles. The molecular formula is C33H34BrN3O5. The number of amides is 3. The minimum Gasteiger partial charge on any atom is -0.395 e. The van der Waals surface area contributed by atoms with Crippen LogP contribution in [0.4, 0.5) is 11.4 Å². The summed E-state index contributed by atoms with van der Waals surface area (Å²) in [6.07, 6.45) is 4.03. The predicted molar refractivity (Wildman–Crippen MR) is 165 cm³/mol. The van der Waals surface area contributed by atoms with Crippen molar-refractivity contribution in [1.29, 1.82) is 0 Å². The minimum atomic E-state index is -1.82. The van der Waals surface area contributed by atoms with Crippen LogP contribution in [0.1, 0.15) is 36.5 Å². The Labute approximate surface area is 254 Å². The van der Waals surface area contributed by atoms with E-state index in [4.69, 9.17) is 0 Å². The summed E-state index contributed by atoms with van der Waals surface area (Å²) in [6.45, 7) is 3.19. The number of aliphatic hydroxyl groups is 2. The summed E-state index contributed by atoms with van der Waals surface area (Å²) < 4.78 is 0.741. The summed E-state index contributed by atoms with van der Waals surface area (Å²) >= 11 is 3.48. The molecule has 9 heteroatoms. The van der Waals surface area contributed by atoms with Crippen molar-refractivity contribution < 1.29 is 24.6 Å². The summed E-state index contributed by atoms with van der Waals surface area (Å²) in [6, 6.07) is 22.5. The highest BCUT2D eigenvalue weighted by Gasteiger charge is 2.52. The quantitative estimate of drug-likeness (QED) is 0.239. The first kappa shape index (κ1) is 29.7. The van der Waals surface area contributed by atoms with Crippen LogP contribution in [0.15, 0.2) is 89.4 Å². The molecule has 0 saturated carbocycles. The number of anilines is 2. The molecule has 0 bridgehead atoms. The summed E-state index contributed by atoms with van der Waals surface area (Å²) in [5.41, 5.74) is 1.97. The van der Waals surface area contributed by atoms with Crippen LogP contribution < -0.4 is 9.80 Å². The van der Waals surface area contributed by atoms with Crippen molar-refractivity contribution in [1.82, 2.24) is 4.90 Å². The standard InChI is InChI=1S/C33H34BrN3O5/c1-23(6-5-9-30(39)35(18-19-38)21-24-7-3-2-4-8-24)33(42)28-20-26(34)12-15-29(28)37(32(33)41)22-25-10-13-27(14-11-25)36-17-16-31(36)40/h2-8,10-15,20,23,38,42H,9,16-19,21-22H2,1H3/b6-5+/t23-,33+/m1/s1. The Morgan fingerprint density at radius 3 is 2.45 bits per heavy atom. The molecule has 0 aliphatic carbocycles. The molecule has 0 radical (unpaired) electrons. The van der Waals surface area contributed by atoms with E-state index < -0.39 is 17.4 Å². The largest absolute Gasteiger partial charge is 0.395 e. The van der Waals surface area contributed by atoms with Gasteiger partial charge in [0.25, 0.3) is 5.91 Å². The number of benzene rings is 3. The Kier molecular flexibility index (Phi) is 8.91. The molecule has 1 saturated heterocycles. The van der Waals surface area contributed by atoms with Gasteiger partial charge in [0.1, 0.15) is 0 Å². The van der Waals surface area contributed by atoms with Gasteiger partial charge < -0.3 is 24.9 Å². The third-order valence-electron chi connectivity index (χ3n) is 7.99. The smallest absolute Gasteiger partial charge is 0.264 e. The van der Waals surface area contributed by atoms with Crippen molar-refractivity contribution >= 4 is 45.0 Å². The van der Waals surface area contributed by atoms with Gasteiger partial charge in [0.15, 0.2) is 5.60 Å².